The summed E-state index contributed by atoms with van der Waals surface area (Å²) in [4.78, 5) is 0. The van der Waals surface area contributed by atoms with Gasteiger partial charge in [-0.3, -0.25) is 0 Å². The van der Waals surface area contributed by atoms with Gasteiger partial charge in [0.15, 0.2) is 0 Å². The van der Waals surface area contributed by atoms with Gasteiger partial charge in [-0.2, -0.15) is 18.4 Å². The van der Waals surface area contributed by atoms with Crippen LogP contribution in [0.5, 0.6) is 0 Å². The Morgan fingerprint density at radius 2 is 2.20 bits per heavy atom. The quantitative estimate of drug-likeness (QED) is 0.689. The molecule has 0 aliphatic rings. The normalized spacial score (nSPS) is 10.7. The monoisotopic (exact) mass is 211 g/mol. The second kappa shape index (κ2) is 4.10. The molecule has 0 aliphatic carbocycles. The van der Waals surface area contributed by atoms with Crippen LogP contribution in [0.1, 0.15) is 11.3 Å². The van der Waals surface area contributed by atoms with Gasteiger partial charge in [0, 0.05) is 6.20 Å². The second-order valence-corrected chi connectivity index (χ2v) is 2.76. The smallest absolute Gasteiger partial charge is 0.332 e. The van der Waals surface area contributed by atoms with E-state index in [9.17, 15) is 13.2 Å². The summed E-state index contributed by atoms with van der Waals surface area (Å²) in [6, 6.07) is 2.55. The number of halogens is 3. The Kier molecular flexibility index (Phi) is 3.06. The van der Waals surface area contributed by atoms with Crippen molar-refractivity contribution in [1.29, 1.82) is 5.26 Å². The summed E-state index contributed by atoms with van der Waals surface area (Å²) in [7, 11) is 0. The SMILES string of the molecule is C#CCn1cc([CH]C#N)cc1C(F)(F)F. The maximum Gasteiger partial charge on any atom is 0.431 e. The van der Waals surface area contributed by atoms with Crippen LogP contribution in [-0.2, 0) is 12.7 Å². The van der Waals surface area contributed by atoms with Crippen LogP contribution in [0.15, 0.2) is 12.3 Å². The zero-order valence-electron chi connectivity index (χ0n) is 7.54. The number of hydrogen-bond acceptors (Lipinski definition) is 1. The van der Waals surface area contributed by atoms with E-state index in [0.717, 1.165) is 17.1 Å². The predicted octanol–water partition coefficient (Wildman–Crippen LogP) is 2.22. The van der Waals surface area contributed by atoms with Gasteiger partial charge in [-0.25, -0.2) is 0 Å². The Morgan fingerprint density at radius 3 is 2.67 bits per heavy atom. The average Bonchev–Trinajstić information content (AvgIpc) is 2.49. The maximum absolute atomic E-state index is 12.4. The molecule has 0 bridgehead atoms. The first-order valence-electron chi connectivity index (χ1n) is 3.92. The lowest BCUT2D eigenvalue weighted by atomic mass is 10.2. The van der Waals surface area contributed by atoms with Gasteiger partial charge in [0.05, 0.1) is 19.0 Å². The van der Waals surface area contributed by atoms with Gasteiger partial charge < -0.3 is 4.57 Å². The molecule has 0 unspecified atom stereocenters. The first-order chi connectivity index (χ1) is 6.99. The number of terminal acetylenes is 1. The lowest BCUT2D eigenvalue weighted by molar-refractivity contribution is -0.143. The molecule has 0 saturated heterocycles. The third-order valence-corrected chi connectivity index (χ3v) is 1.70. The summed E-state index contributed by atoms with van der Waals surface area (Å²) in [5.41, 5.74) is -0.651. The summed E-state index contributed by atoms with van der Waals surface area (Å²) in [5, 5.41) is 8.32. The van der Waals surface area contributed by atoms with Crippen molar-refractivity contribution in [2.75, 3.05) is 0 Å². The van der Waals surface area contributed by atoms with E-state index >= 15 is 0 Å². The van der Waals surface area contributed by atoms with E-state index in [1.807, 2.05) is 0 Å². The van der Waals surface area contributed by atoms with Crippen molar-refractivity contribution in [3.05, 3.63) is 29.9 Å². The summed E-state index contributed by atoms with van der Waals surface area (Å²) in [5.74, 6) is 2.12. The summed E-state index contributed by atoms with van der Waals surface area (Å²) in [6.07, 6.45) is 2.71. The molecule has 2 nitrogen and oxygen atoms in total. The standard InChI is InChI=1S/C10H6F3N2/c1-2-5-15-7-8(3-4-14)6-9(15)10(11,12)13/h1,3,6-7H,5H2. The van der Waals surface area contributed by atoms with E-state index in [1.54, 1.807) is 6.07 Å². The van der Waals surface area contributed by atoms with Crippen LogP contribution in [0.25, 0.3) is 0 Å². The molecule has 1 radical (unpaired) electrons. The van der Waals surface area contributed by atoms with Crippen molar-refractivity contribution in [3.63, 3.8) is 0 Å². The molecule has 1 aromatic rings. The Labute approximate surface area is 84.9 Å². The number of rotatable bonds is 2. The maximum atomic E-state index is 12.4. The van der Waals surface area contributed by atoms with Crippen LogP contribution in [0, 0.1) is 30.1 Å². The first-order valence-corrected chi connectivity index (χ1v) is 3.92. The van der Waals surface area contributed by atoms with Crippen molar-refractivity contribution < 1.29 is 13.2 Å². The highest BCUT2D eigenvalue weighted by molar-refractivity contribution is 5.32. The zero-order chi connectivity index (χ0) is 11.5. The average molecular weight is 211 g/mol. The molecular weight excluding hydrogens is 205 g/mol. The lowest BCUT2D eigenvalue weighted by Crippen LogP contribution is -2.12. The number of nitriles is 1. The molecule has 0 amide bonds. The van der Waals surface area contributed by atoms with E-state index in [1.165, 1.54) is 6.20 Å². The minimum absolute atomic E-state index is 0.173. The highest BCUT2D eigenvalue weighted by atomic mass is 19.4. The highest BCUT2D eigenvalue weighted by Gasteiger charge is 2.34. The van der Waals surface area contributed by atoms with Crippen molar-refractivity contribution in [3.8, 4) is 18.4 Å². The van der Waals surface area contributed by atoms with Gasteiger partial charge in [-0.05, 0) is 11.6 Å². The Balaban J connectivity index is 3.14. The molecule has 0 N–H and O–H groups in total. The Hall–Kier alpha value is -1.88. The minimum Gasteiger partial charge on any atom is -0.332 e. The molecule has 1 rings (SSSR count). The molecule has 0 aromatic carbocycles. The Morgan fingerprint density at radius 1 is 1.53 bits per heavy atom. The van der Waals surface area contributed by atoms with Crippen LogP contribution < -0.4 is 0 Å². The molecule has 1 aromatic heterocycles. The molecule has 0 spiro atoms. The zero-order valence-corrected chi connectivity index (χ0v) is 7.54. The van der Waals surface area contributed by atoms with Gasteiger partial charge in [0.25, 0.3) is 0 Å². The molecule has 1 heterocycles. The summed E-state index contributed by atoms with van der Waals surface area (Å²) >= 11 is 0. The van der Waals surface area contributed by atoms with E-state index < -0.39 is 11.9 Å². The van der Waals surface area contributed by atoms with Crippen LogP contribution >= 0.6 is 0 Å². The van der Waals surface area contributed by atoms with Gasteiger partial charge in [0.2, 0.25) is 0 Å². The molecule has 5 heteroatoms. The fourth-order valence-electron chi connectivity index (χ4n) is 1.15. The predicted molar refractivity (Wildman–Crippen MR) is 47.3 cm³/mol. The van der Waals surface area contributed by atoms with Crippen LogP contribution in [0.2, 0.25) is 0 Å². The molecule has 0 aliphatic heterocycles. The third-order valence-electron chi connectivity index (χ3n) is 1.70. The molecule has 77 valence electrons. The van der Waals surface area contributed by atoms with Crippen LogP contribution in [0.3, 0.4) is 0 Å². The third kappa shape index (κ3) is 2.54. The Bertz CT molecular complexity index is 429. The van der Waals surface area contributed by atoms with Crippen molar-refractivity contribution in [2.45, 2.75) is 12.7 Å². The molecule has 0 atom stereocenters. The van der Waals surface area contributed by atoms with Crippen LogP contribution in [-0.4, -0.2) is 4.57 Å². The fourth-order valence-corrected chi connectivity index (χ4v) is 1.15. The number of alkyl halides is 3. The lowest BCUT2D eigenvalue weighted by Gasteiger charge is -2.08. The summed E-state index contributed by atoms with van der Waals surface area (Å²) in [6.45, 7) is -0.173. The highest BCUT2D eigenvalue weighted by Crippen LogP contribution is 2.31. The number of aromatic nitrogens is 1. The fraction of sp³-hybridized carbons (Fsp3) is 0.200. The topological polar surface area (TPSA) is 28.7 Å². The van der Waals surface area contributed by atoms with E-state index in [0.29, 0.717) is 0 Å². The molecular formula is C10H6F3N2. The first kappa shape index (κ1) is 11.2. The van der Waals surface area contributed by atoms with Crippen molar-refractivity contribution >= 4 is 0 Å². The van der Waals surface area contributed by atoms with Gasteiger partial charge in [0.1, 0.15) is 5.69 Å². The minimum atomic E-state index is -4.46. The second-order valence-electron chi connectivity index (χ2n) is 2.76. The largest absolute Gasteiger partial charge is 0.431 e. The van der Waals surface area contributed by atoms with Gasteiger partial charge in [-0.1, -0.05) is 5.92 Å². The van der Waals surface area contributed by atoms with Crippen molar-refractivity contribution in [2.24, 2.45) is 0 Å². The number of nitrogens with zero attached hydrogens (tertiary/aromatic N) is 2. The van der Waals surface area contributed by atoms with E-state index in [-0.39, 0.29) is 12.1 Å². The molecule has 0 saturated carbocycles. The molecule has 0 fully saturated rings. The molecule has 15 heavy (non-hydrogen) atoms. The summed E-state index contributed by atoms with van der Waals surface area (Å²) < 4.78 is 38.2. The number of hydrogen-bond donors (Lipinski definition) is 0. The van der Waals surface area contributed by atoms with E-state index in [4.69, 9.17) is 11.7 Å². The van der Waals surface area contributed by atoms with Gasteiger partial charge >= 0.3 is 6.18 Å². The van der Waals surface area contributed by atoms with Crippen LogP contribution in [0.4, 0.5) is 13.2 Å². The van der Waals surface area contributed by atoms with E-state index in [2.05, 4.69) is 5.92 Å². The van der Waals surface area contributed by atoms with Crippen molar-refractivity contribution in [1.82, 2.24) is 4.57 Å². The van der Waals surface area contributed by atoms with Gasteiger partial charge in [-0.15, -0.1) is 6.42 Å².